The Labute approximate surface area is 69.8 Å². The Morgan fingerprint density at radius 3 is 1.91 bits per heavy atom. The van der Waals surface area contributed by atoms with E-state index in [0.29, 0.717) is 5.92 Å². The van der Waals surface area contributed by atoms with Crippen molar-refractivity contribution >= 4 is 0 Å². The molecular formula is C10H18O. The number of hydrogen-bond acceptors (Lipinski definition) is 1. The predicted molar refractivity (Wildman–Crippen MR) is 48.0 cm³/mol. The van der Waals surface area contributed by atoms with Gasteiger partial charge in [-0.3, -0.25) is 0 Å². The van der Waals surface area contributed by atoms with Crippen molar-refractivity contribution < 1.29 is 5.11 Å². The SMILES string of the molecule is C#C[C@@H](C)[C@H](O)[C@H](C)C(C)C. The van der Waals surface area contributed by atoms with Crippen LogP contribution < -0.4 is 0 Å². The van der Waals surface area contributed by atoms with Crippen molar-refractivity contribution in [1.82, 2.24) is 0 Å². The molecule has 11 heavy (non-hydrogen) atoms. The molecule has 0 spiro atoms. The van der Waals surface area contributed by atoms with Crippen molar-refractivity contribution in [3.8, 4) is 12.3 Å². The standard InChI is InChI=1S/C10H18O/c1-6-8(4)10(11)9(5)7(2)3/h1,7-11H,2-5H3/t8-,9-,10+/m1/s1. The minimum Gasteiger partial charge on any atom is -0.392 e. The van der Waals surface area contributed by atoms with E-state index in [2.05, 4.69) is 19.8 Å². The van der Waals surface area contributed by atoms with E-state index in [1.807, 2.05) is 13.8 Å². The maximum absolute atomic E-state index is 9.61. The van der Waals surface area contributed by atoms with E-state index >= 15 is 0 Å². The Bertz CT molecular complexity index is 143. The third kappa shape index (κ3) is 2.95. The largest absolute Gasteiger partial charge is 0.392 e. The fraction of sp³-hybridized carbons (Fsp3) is 0.800. The number of aliphatic hydroxyl groups is 1. The molecule has 0 aliphatic heterocycles. The van der Waals surface area contributed by atoms with Crippen LogP contribution in [0.15, 0.2) is 0 Å². The van der Waals surface area contributed by atoms with E-state index in [9.17, 15) is 5.11 Å². The third-order valence-electron chi connectivity index (χ3n) is 2.37. The highest BCUT2D eigenvalue weighted by atomic mass is 16.3. The Balaban J connectivity index is 4.03. The summed E-state index contributed by atoms with van der Waals surface area (Å²) in [6.45, 7) is 8.10. The summed E-state index contributed by atoms with van der Waals surface area (Å²) >= 11 is 0. The summed E-state index contributed by atoms with van der Waals surface area (Å²) in [6.07, 6.45) is 4.84. The summed E-state index contributed by atoms with van der Waals surface area (Å²) in [7, 11) is 0. The number of aliphatic hydroxyl groups excluding tert-OH is 1. The van der Waals surface area contributed by atoms with Gasteiger partial charge in [-0.1, -0.05) is 20.8 Å². The van der Waals surface area contributed by atoms with Gasteiger partial charge < -0.3 is 5.11 Å². The Kier molecular flexibility index (Phi) is 4.22. The van der Waals surface area contributed by atoms with Crippen molar-refractivity contribution in [2.75, 3.05) is 0 Å². The maximum Gasteiger partial charge on any atom is 0.0702 e. The molecule has 0 aliphatic carbocycles. The van der Waals surface area contributed by atoms with Crippen molar-refractivity contribution in [2.45, 2.75) is 33.8 Å². The first-order valence-electron chi connectivity index (χ1n) is 4.14. The molecule has 0 aromatic carbocycles. The van der Waals surface area contributed by atoms with Crippen LogP contribution >= 0.6 is 0 Å². The van der Waals surface area contributed by atoms with Gasteiger partial charge in [0.2, 0.25) is 0 Å². The lowest BCUT2D eigenvalue weighted by atomic mass is 9.86. The number of rotatable bonds is 3. The molecule has 1 nitrogen and oxygen atoms in total. The highest BCUT2D eigenvalue weighted by molar-refractivity contribution is 4.95. The summed E-state index contributed by atoms with van der Waals surface area (Å²) < 4.78 is 0. The third-order valence-corrected chi connectivity index (χ3v) is 2.37. The molecule has 0 saturated heterocycles. The van der Waals surface area contributed by atoms with Gasteiger partial charge in [-0.25, -0.2) is 0 Å². The first-order valence-corrected chi connectivity index (χ1v) is 4.14. The molecule has 0 saturated carbocycles. The van der Waals surface area contributed by atoms with Crippen LogP contribution in [0, 0.1) is 30.1 Å². The lowest BCUT2D eigenvalue weighted by Crippen LogP contribution is -2.28. The molecule has 0 bridgehead atoms. The molecule has 0 heterocycles. The fourth-order valence-corrected chi connectivity index (χ4v) is 0.948. The number of hydrogen-bond donors (Lipinski definition) is 1. The zero-order valence-electron chi connectivity index (χ0n) is 7.83. The molecule has 0 aromatic heterocycles. The number of terminal acetylenes is 1. The summed E-state index contributed by atoms with van der Waals surface area (Å²) in [5, 5.41) is 9.61. The van der Waals surface area contributed by atoms with Crippen LogP contribution in [0.4, 0.5) is 0 Å². The minimum atomic E-state index is -0.361. The van der Waals surface area contributed by atoms with Crippen molar-refractivity contribution in [1.29, 1.82) is 0 Å². The first kappa shape index (κ1) is 10.5. The van der Waals surface area contributed by atoms with Crippen LogP contribution in [0.1, 0.15) is 27.7 Å². The molecule has 0 amide bonds. The van der Waals surface area contributed by atoms with Gasteiger partial charge in [0.15, 0.2) is 0 Å². The summed E-state index contributed by atoms with van der Waals surface area (Å²) in [5.41, 5.74) is 0. The Hall–Kier alpha value is -0.480. The average molecular weight is 154 g/mol. The van der Waals surface area contributed by atoms with Crippen LogP contribution in [0.5, 0.6) is 0 Å². The van der Waals surface area contributed by atoms with Gasteiger partial charge in [-0.05, 0) is 18.8 Å². The molecule has 1 N–H and O–H groups in total. The molecule has 0 unspecified atom stereocenters. The minimum absolute atomic E-state index is 0.0348. The molecule has 0 rings (SSSR count). The van der Waals surface area contributed by atoms with Crippen LogP contribution in [0.25, 0.3) is 0 Å². The smallest absolute Gasteiger partial charge is 0.0702 e. The average Bonchev–Trinajstić information content (AvgIpc) is 2.00. The molecule has 3 atom stereocenters. The Morgan fingerprint density at radius 1 is 1.18 bits per heavy atom. The zero-order valence-corrected chi connectivity index (χ0v) is 7.83. The van der Waals surface area contributed by atoms with Crippen LogP contribution in [-0.2, 0) is 0 Å². The van der Waals surface area contributed by atoms with Gasteiger partial charge in [0, 0.05) is 5.92 Å². The first-order chi connectivity index (χ1) is 5.00. The molecule has 0 fully saturated rings. The molecule has 0 aliphatic rings. The van der Waals surface area contributed by atoms with Gasteiger partial charge in [0.1, 0.15) is 0 Å². The van der Waals surface area contributed by atoms with E-state index in [-0.39, 0.29) is 17.9 Å². The summed E-state index contributed by atoms with van der Waals surface area (Å²) in [6, 6.07) is 0. The maximum atomic E-state index is 9.61. The van der Waals surface area contributed by atoms with Gasteiger partial charge in [-0.2, -0.15) is 0 Å². The molecule has 64 valence electrons. The highest BCUT2D eigenvalue weighted by Gasteiger charge is 2.21. The fourth-order valence-electron chi connectivity index (χ4n) is 0.948. The lowest BCUT2D eigenvalue weighted by molar-refractivity contribution is 0.0646. The van der Waals surface area contributed by atoms with E-state index in [0.717, 1.165) is 0 Å². The van der Waals surface area contributed by atoms with E-state index in [1.165, 1.54) is 0 Å². The van der Waals surface area contributed by atoms with Crippen molar-refractivity contribution in [3.05, 3.63) is 0 Å². The normalized spacial score (nSPS) is 19.0. The summed E-state index contributed by atoms with van der Waals surface area (Å²) in [5.74, 6) is 3.28. The van der Waals surface area contributed by atoms with Gasteiger partial charge in [-0.15, -0.1) is 12.3 Å². The van der Waals surface area contributed by atoms with Crippen molar-refractivity contribution in [3.63, 3.8) is 0 Å². The van der Waals surface area contributed by atoms with E-state index in [1.54, 1.807) is 0 Å². The van der Waals surface area contributed by atoms with Gasteiger partial charge in [0.25, 0.3) is 0 Å². The van der Waals surface area contributed by atoms with Crippen LogP contribution in [-0.4, -0.2) is 11.2 Å². The quantitative estimate of drug-likeness (QED) is 0.616. The van der Waals surface area contributed by atoms with E-state index < -0.39 is 0 Å². The van der Waals surface area contributed by atoms with E-state index in [4.69, 9.17) is 6.42 Å². The van der Waals surface area contributed by atoms with Crippen LogP contribution in [0.2, 0.25) is 0 Å². The second-order valence-electron chi connectivity index (χ2n) is 3.55. The molecule has 0 radical (unpaired) electrons. The topological polar surface area (TPSA) is 20.2 Å². The summed E-state index contributed by atoms with van der Waals surface area (Å²) in [4.78, 5) is 0. The molecule has 0 aromatic rings. The highest BCUT2D eigenvalue weighted by Crippen LogP contribution is 2.19. The second-order valence-corrected chi connectivity index (χ2v) is 3.55. The second kappa shape index (κ2) is 4.41. The van der Waals surface area contributed by atoms with Gasteiger partial charge in [0.05, 0.1) is 6.10 Å². The monoisotopic (exact) mass is 154 g/mol. The predicted octanol–water partition coefficient (Wildman–Crippen LogP) is 1.91. The lowest BCUT2D eigenvalue weighted by Gasteiger charge is -2.24. The Morgan fingerprint density at radius 2 is 1.64 bits per heavy atom. The molecule has 1 heteroatoms. The molecular weight excluding hydrogens is 136 g/mol. The zero-order chi connectivity index (χ0) is 9.02. The van der Waals surface area contributed by atoms with Crippen LogP contribution in [0.3, 0.4) is 0 Å². The van der Waals surface area contributed by atoms with Crippen molar-refractivity contribution in [2.24, 2.45) is 17.8 Å². The van der Waals surface area contributed by atoms with Gasteiger partial charge >= 0.3 is 0 Å².